The van der Waals surface area contributed by atoms with Gasteiger partial charge < -0.3 is 5.32 Å². The van der Waals surface area contributed by atoms with Crippen LogP contribution in [0.5, 0.6) is 0 Å². The van der Waals surface area contributed by atoms with Gasteiger partial charge in [0.15, 0.2) is 0 Å². The molecule has 0 aliphatic carbocycles. The Kier molecular flexibility index (Phi) is 3.91. The Bertz CT molecular complexity index is 859. The summed E-state index contributed by atoms with van der Waals surface area (Å²) in [5, 5.41) is 8.29. The number of nitrogens with zero attached hydrogens (tertiary/aromatic N) is 3. The molecular formula is C16H14N4O2. The van der Waals surface area contributed by atoms with Gasteiger partial charge in [-0.2, -0.15) is 5.10 Å². The average Bonchev–Trinajstić information content (AvgIpc) is 2.58. The molecule has 2 aromatic heterocycles. The fourth-order valence-corrected chi connectivity index (χ4v) is 2.16. The molecule has 1 amide bonds. The first-order valence-electron chi connectivity index (χ1n) is 6.89. The fourth-order valence-electron chi connectivity index (χ4n) is 2.16. The van der Waals surface area contributed by atoms with E-state index in [1.165, 1.54) is 10.9 Å². The summed E-state index contributed by atoms with van der Waals surface area (Å²) >= 11 is 0. The molecule has 0 aliphatic rings. The molecule has 0 radical (unpaired) electrons. The minimum Gasteiger partial charge on any atom is -0.350 e. The van der Waals surface area contributed by atoms with Crippen LogP contribution in [-0.4, -0.2) is 27.2 Å². The van der Waals surface area contributed by atoms with Crippen LogP contribution in [0.1, 0.15) is 10.4 Å². The fraction of sp³-hybridized carbons (Fsp3) is 0.125. The second-order valence-corrected chi connectivity index (χ2v) is 4.76. The highest BCUT2D eigenvalue weighted by atomic mass is 16.2. The number of pyridine rings is 1. The lowest BCUT2D eigenvalue weighted by molar-refractivity contribution is 0.0951. The van der Waals surface area contributed by atoms with Gasteiger partial charge in [0.1, 0.15) is 0 Å². The first-order valence-corrected chi connectivity index (χ1v) is 6.89. The van der Waals surface area contributed by atoms with Gasteiger partial charge in [-0.1, -0.05) is 18.2 Å². The molecule has 110 valence electrons. The summed E-state index contributed by atoms with van der Waals surface area (Å²) in [4.78, 5) is 28.0. The summed E-state index contributed by atoms with van der Waals surface area (Å²) in [6.07, 6.45) is 4.75. The highest BCUT2D eigenvalue weighted by Crippen LogP contribution is 2.06. The van der Waals surface area contributed by atoms with Crippen molar-refractivity contribution in [1.82, 2.24) is 20.1 Å². The summed E-state index contributed by atoms with van der Waals surface area (Å²) in [5.74, 6) is -0.220. The average molecular weight is 294 g/mol. The molecule has 0 spiro atoms. The number of benzene rings is 1. The van der Waals surface area contributed by atoms with E-state index in [2.05, 4.69) is 15.4 Å². The van der Waals surface area contributed by atoms with E-state index in [9.17, 15) is 9.59 Å². The summed E-state index contributed by atoms with van der Waals surface area (Å²) in [5.41, 5.74) is 0.329. The smallest absolute Gasteiger partial charge is 0.274 e. The number of carbonyl (C=O) groups is 1. The third-order valence-corrected chi connectivity index (χ3v) is 3.29. The Morgan fingerprint density at radius 2 is 2.00 bits per heavy atom. The number of nitrogens with one attached hydrogen (secondary N) is 1. The number of amides is 1. The van der Waals surface area contributed by atoms with E-state index in [1.54, 1.807) is 30.6 Å². The minimum absolute atomic E-state index is 0.159. The van der Waals surface area contributed by atoms with E-state index in [0.29, 0.717) is 24.0 Å². The molecule has 2 heterocycles. The molecule has 0 unspecified atom stereocenters. The van der Waals surface area contributed by atoms with Crippen LogP contribution in [0.3, 0.4) is 0 Å². The summed E-state index contributed by atoms with van der Waals surface area (Å²) < 4.78 is 1.35. The van der Waals surface area contributed by atoms with Crippen molar-refractivity contribution in [2.24, 2.45) is 0 Å². The van der Waals surface area contributed by atoms with Gasteiger partial charge in [0, 0.05) is 24.3 Å². The molecule has 0 bridgehead atoms. The summed E-state index contributed by atoms with van der Waals surface area (Å²) in [7, 11) is 0. The van der Waals surface area contributed by atoms with Crippen LogP contribution < -0.4 is 10.9 Å². The van der Waals surface area contributed by atoms with E-state index < -0.39 is 0 Å². The maximum absolute atomic E-state index is 12.3. The molecule has 6 heteroatoms. The highest BCUT2D eigenvalue weighted by molar-refractivity contribution is 5.93. The quantitative estimate of drug-likeness (QED) is 0.785. The van der Waals surface area contributed by atoms with E-state index >= 15 is 0 Å². The van der Waals surface area contributed by atoms with Crippen LogP contribution in [0.25, 0.3) is 10.8 Å². The van der Waals surface area contributed by atoms with Crippen molar-refractivity contribution in [3.63, 3.8) is 0 Å². The molecule has 6 nitrogen and oxygen atoms in total. The Labute approximate surface area is 126 Å². The second kappa shape index (κ2) is 6.17. The largest absolute Gasteiger partial charge is 0.350 e. The highest BCUT2D eigenvalue weighted by Gasteiger charge is 2.06. The van der Waals surface area contributed by atoms with E-state index in [0.717, 1.165) is 5.39 Å². The number of fused-ring (bicyclic) bond motifs is 1. The Morgan fingerprint density at radius 1 is 1.14 bits per heavy atom. The zero-order valence-electron chi connectivity index (χ0n) is 11.8. The molecule has 3 aromatic rings. The van der Waals surface area contributed by atoms with Gasteiger partial charge in [-0.15, -0.1) is 0 Å². The predicted molar refractivity (Wildman–Crippen MR) is 82.6 cm³/mol. The zero-order valence-corrected chi connectivity index (χ0v) is 11.8. The number of aromatic nitrogens is 3. The normalized spacial score (nSPS) is 10.5. The molecular weight excluding hydrogens is 280 g/mol. The predicted octanol–water partition coefficient (Wildman–Crippen LogP) is 1.22. The first kappa shape index (κ1) is 13.9. The maximum Gasteiger partial charge on any atom is 0.274 e. The molecule has 1 aromatic carbocycles. The van der Waals surface area contributed by atoms with Crippen molar-refractivity contribution < 1.29 is 4.79 Å². The van der Waals surface area contributed by atoms with Gasteiger partial charge in [0.05, 0.1) is 23.7 Å². The van der Waals surface area contributed by atoms with Crippen molar-refractivity contribution in [3.8, 4) is 0 Å². The van der Waals surface area contributed by atoms with Crippen LogP contribution in [0.2, 0.25) is 0 Å². The van der Waals surface area contributed by atoms with Crippen LogP contribution >= 0.6 is 0 Å². The molecule has 0 aliphatic heterocycles. The Balaban J connectivity index is 1.68. The van der Waals surface area contributed by atoms with Gasteiger partial charge in [-0.25, -0.2) is 4.68 Å². The number of carbonyl (C=O) groups excluding carboxylic acids is 1. The third-order valence-electron chi connectivity index (χ3n) is 3.29. The van der Waals surface area contributed by atoms with Gasteiger partial charge in [0.25, 0.3) is 11.5 Å². The molecule has 1 N–H and O–H groups in total. The molecule has 0 atom stereocenters. The maximum atomic E-state index is 12.3. The van der Waals surface area contributed by atoms with Crippen LogP contribution in [0.15, 0.2) is 59.8 Å². The number of hydrogen-bond donors (Lipinski definition) is 1. The first-order chi connectivity index (χ1) is 10.8. The molecule has 0 saturated carbocycles. The van der Waals surface area contributed by atoms with Gasteiger partial charge in [-0.05, 0) is 18.2 Å². The second-order valence-electron chi connectivity index (χ2n) is 4.76. The van der Waals surface area contributed by atoms with Crippen molar-refractivity contribution in [3.05, 3.63) is 70.9 Å². The third kappa shape index (κ3) is 2.85. The lowest BCUT2D eigenvalue weighted by Gasteiger charge is -2.07. The van der Waals surface area contributed by atoms with Gasteiger partial charge in [0.2, 0.25) is 0 Å². The van der Waals surface area contributed by atoms with Crippen molar-refractivity contribution >= 4 is 16.7 Å². The minimum atomic E-state index is -0.220. The Morgan fingerprint density at radius 3 is 2.82 bits per heavy atom. The lowest BCUT2D eigenvalue weighted by Crippen LogP contribution is -2.32. The van der Waals surface area contributed by atoms with Crippen LogP contribution in [-0.2, 0) is 6.54 Å². The van der Waals surface area contributed by atoms with Crippen LogP contribution in [0, 0.1) is 0 Å². The van der Waals surface area contributed by atoms with Gasteiger partial charge >= 0.3 is 0 Å². The van der Waals surface area contributed by atoms with Gasteiger partial charge in [-0.3, -0.25) is 14.6 Å². The monoisotopic (exact) mass is 294 g/mol. The topological polar surface area (TPSA) is 76.9 Å². The summed E-state index contributed by atoms with van der Waals surface area (Å²) in [6, 6.07) is 10.7. The molecule has 0 fully saturated rings. The van der Waals surface area contributed by atoms with Crippen molar-refractivity contribution in [1.29, 1.82) is 0 Å². The lowest BCUT2D eigenvalue weighted by atomic mass is 10.2. The number of hydrogen-bond acceptors (Lipinski definition) is 4. The zero-order chi connectivity index (χ0) is 15.4. The van der Waals surface area contributed by atoms with E-state index in [-0.39, 0.29) is 11.5 Å². The van der Waals surface area contributed by atoms with E-state index in [1.807, 2.05) is 18.2 Å². The number of rotatable bonds is 4. The molecule has 3 rings (SSSR count). The van der Waals surface area contributed by atoms with E-state index in [4.69, 9.17) is 0 Å². The standard InChI is InChI=1S/C16H14N4O2/c21-15(13-5-3-7-17-10-13)18-8-9-20-16(22)14-6-2-1-4-12(14)11-19-20/h1-7,10-11H,8-9H2,(H,18,21). The van der Waals surface area contributed by atoms with Crippen LogP contribution in [0.4, 0.5) is 0 Å². The Hall–Kier alpha value is -3.02. The van der Waals surface area contributed by atoms with Crippen molar-refractivity contribution in [2.75, 3.05) is 6.54 Å². The molecule has 0 saturated heterocycles. The SMILES string of the molecule is O=C(NCCn1ncc2ccccc2c1=O)c1cccnc1. The van der Waals surface area contributed by atoms with Crippen molar-refractivity contribution in [2.45, 2.75) is 6.54 Å². The molecule has 22 heavy (non-hydrogen) atoms. The summed E-state index contributed by atoms with van der Waals surface area (Å²) in [6.45, 7) is 0.634.